The summed E-state index contributed by atoms with van der Waals surface area (Å²) in [7, 11) is 1.52. The van der Waals surface area contributed by atoms with Crippen molar-refractivity contribution in [1.29, 1.82) is 0 Å². The first-order valence-corrected chi connectivity index (χ1v) is 9.68. The Morgan fingerprint density at radius 1 is 1.00 bits per heavy atom. The van der Waals surface area contributed by atoms with E-state index in [0.29, 0.717) is 28.1 Å². The molecule has 166 valence electrons. The van der Waals surface area contributed by atoms with Crippen molar-refractivity contribution in [3.63, 3.8) is 0 Å². The molecular weight excluding hydrogens is 436 g/mol. The zero-order chi connectivity index (χ0) is 23.0. The molecule has 5 rings (SSSR count). The van der Waals surface area contributed by atoms with Gasteiger partial charge in [-0.05, 0) is 36.4 Å². The number of fused-ring (bicyclic) bond motifs is 2. The standard InChI is InChI=1S/C22H15F2N5O4/c1-25-20(30)17-10-15(6-7-26-17)31-14-3-4-16-12(8-14)11-27-21(29-16)28-13-2-5-18-19(9-13)33-22(23,24)32-18/h2-11H,1H3,(H,25,30)(H,27,28,29). The lowest BCUT2D eigenvalue weighted by atomic mass is 10.2. The normalized spacial score (nSPS) is 13.5. The van der Waals surface area contributed by atoms with Crippen LogP contribution in [0.5, 0.6) is 23.0 Å². The number of hydrogen-bond donors (Lipinski definition) is 2. The van der Waals surface area contributed by atoms with E-state index in [1.165, 1.54) is 31.4 Å². The fourth-order valence-electron chi connectivity index (χ4n) is 3.15. The van der Waals surface area contributed by atoms with Gasteiger partial charge in [-0.2, -0.15) is 0 Å². The summed E-state index contributed by atoms with van der Waals surface area (Å²) in [4.78, 5) is 24.4. The number of aromatic nitrogens is 3. The number of amides is 1. The van der Waals surface area contributed by atoms with Gasteiger partial charge in [0, 0.05) is 42.6 Å². The first kappa shape index (κ1) is 20.4. The highest BCUT2D eigenvalue weighted by Crippen LogP contribution is 2.42. The van der Waals surface area contributed by atoms with E-state index in [1.807, 2.05) is 0 Å². The van der Waals surface area contributed by atoms with Crippen LogP contribution < -0.4 is 24.8 Å². The second-order valence-electron chi connectivity index (χ2n) is 6.93. The highest BCUT2D eigenvalue weighted by atomic mass is 19.3. The molecule has 2 aromatic heterocycles. The Kier molecular flexibility index (Phi) is 4.85. The van der Waals surface area contributed by atoms with Crippen LogP contribution in [-0.4, -0.2) is 34.2 Å². The molecule has 0 saturated carbocycles. The van der Waals surface area contributed by atoms with Crippen LogP contribution in [0.15, 0.2) is 60.9 Å². The SMILES string of the molecule is CNC(=O)c1cc(Oc2ccc3nc(Nc4ccc5c(c4)OC(F)(F)O5)ncc3c2)ccn1. The van der Waals surface area contributed by atoms with Crippen molar-refractivity contribution < 1.29 is 27.8 Å². The van der Waals surface area contributed by atoms with Gasteiger partial charge in [0.1, 0.15) is 17.2 Å². The minimum absolute atomic E-state index is 0.0471. The molecule has 0 unspecified atom stereocenters. The number of halogens is 2. The molecule has 33 heavy (non-hydrogen) atoms. The van der Waals surface area contributed by atoms with Crippen LogP contribution >= 0.6 is 0 Å². The molecule has 2 aromatic carbocycles. The van der Waals surface area contributed by atoms with Crippen LogP contribution in [0, 0.1) is 0 Å². The molecule has 11 heteroatoms. The zero-order valence-corrected chi connectivity index (χ0v) is 17.0. The predicted octanol–water partition coefficient (Wildman–Crippen LogP) is 4.24. The molecule has 0 spiro atoms. The number of hydrogen-bond acceptors (Lipinski definition) is 8. The summed E-state index contributed by atoms with van der Waals surface area (Å²) < 4.78 is 41.1. The second-order valence-corrected chi connectivity index (χ2v) is 6.93. The summed E-state index contributed by atoms with van der Waals surface area (Å²) in [6.07, 6.45) is -0.596. The van der Waals surface area contributed by atoms with Gasteiger partial charge in [0.15, 0.2) is 11.5 Å². The van der Waals surface area contributed by atoms with Gasteiger partial charge in [-0.25, -0.2) is 9.97 Å². The van der Waals surface area contributed by atoms with Crippen molar-refractivity contribution in [3.8, 4) is 23.0 Å². The fourth-order valence-corrected chi connectivity index (χ4v) is 3.15. The van der Waals surface area contributed by atoms with Gasteiger partial charge < -0.3 is 24.8 Å². The van der Waals surface area contributed by atoms with Crippen molar-refractivity contribution in [2.75, 3.05) is 12.4 Å². The maximum atomic E-state index is 13.2. The van der Waals surface area contributed by atoms with Gasteiger partial charge in [-0.3, -0.25) is 9.78 Å². The largest absolute Gasteiger partial charge is 0.586 e. The number of pyridine rings is 1. The molecule has 0 aliphatic carbocycles. The topological polar surface area (TPSA) is 107 Å². The Morgan fingerprint density at radius 2 is 1.82 bits per heavy atom. The summed E-state index contributed by atoms with van der Waals surface area (Å²) in [6, 6.07) is 12.7. The Morgan fingerprint density at radius 3 is 2.67 bits per heavy atom. The highest BCUT2D eigenvalue weighted by molar-refractivity contribution is 5.92. The Labute approximate surface area is 185 Å². The van der Waals surface area contributed by atoms with Gasteiger partial charge in [0.25, 0.3) is 5.91 Å². The number of anilines is 2. The lowest BCUT2D eigenvalue weighted by molar-refractivity contribution is -0.286. The molecule has 0 atom stereocenters. The number of nitrogens with zero attached hydrogens (tertiary/aromatic N) is 3. The Balaban J connectivity index is 1.33. The van der Waals surface area contributed by atoms with Gasteiger partial charge in [0.2, 0.25) is 5.95 Å². The Bertz CT molecular complexity index is 1380. The quantitative estimate of drug-likeness (QED) is 0.464. The molecule has 0 saturated heterocycles. The molecule has 2 N–H and O–H groups in total. The van der Waals surface area contributed by atoms with E-state index in [-0.39, 0.29) is 29.0 Å². The maximum Gasteiger partial charge on any atom is 0.586 e. The summed E-state index contributed by atoms with van der Waals surface area (Å²) in [5.74, 6) is 0.806. The lowest BCUT2D eigenvalue weighted by Gasteiger charge is -2.09. The van der Waals surface area contributed by atoms with Gasteiger partial charge in [-0.1, -0.05) is 0 Å². The third-order valence-corrected chi connectivity index (χ3v) is 4.64. The smallest absolute Gasteiger partial charge is 0.457 e. The summed E-state index contributed by atoms with van der Waals surface area (Å²) >= 11 is 0. The average molecular weight is 451 g/mol. The number of carbonyl (C=O) groups excluding carboxylic acids is 1. The third-order valence-electron chi connectivity index (χ3n) is 4.64. The first-order valence-electron chi connectivity index (χ1n) is 9.68. The number of alkyl halides is 2. The maximum absolute atomic E-state index is 13.2. The molecule has 1 aliphatic rings. The van der Waals surface area contributed by atoms with Crippen LogP contribution in [0.4, 0.5) is 20.4 Å². The van der Waals surface area contributed by atoms with E-state index in [0.717, 1.165) is 0 Å². The monoisotopic (exact) mass is 451 g/mol. The van der Waals surface area contributed by atoms with Crippen molar-refractivity contribution in [3.05, 3.63) is 66.6 Å². The molecule has 1 amide bonds. The average Bonchev–Trinajstić information content (AvgIpc) is 3.12. The molecular formula is C22H15F2N5O4. The molecule has 0 bridgehead atoms. The molecule has 3 heterocycles. The zero-order valence-electron chi connectivity index (χ0n) is 17.0. The van der Waals surface area contributed by atoms with E-state index in [9.17, 15) is 13.6 Å². The van der Waals surface area contributed by atoms with Gasteiger partial charge in [0.05, 0.1) is 5.52 Å². The summed E-state index contributed by atoms with van der Waals surface area (Å²) in [5.41, 5.74) is 1.33. The molecule has 9 nitrogen and oxygen atoms in total. The van der Waals surface area contributed by atoms with Gasteiger partial charge >= 0.3 is 6.29 Å². The van der Waals surface area contributed by atoms with Gasteiger partial charge in [-0.15, -0.1) is 8.78 Å². The Hall–Kier alpha value is -4.54. The van der Waals surface area contributed by atoms with E-state index in [1.54, 1.807) is 36.5 Å². The fraction of sp³-hybridized carbons (Fsp3) is 0.0909. The van der Waals surface area contributed by atoms with Crippen LogP contribution in [-0.2, 0) is 0 Å². The van der Waals surface area contributed by atoms with E-state index in [4.69, 9.17) is 4.74 Å². The van der Waals surface area contributed by atoms with Crippen molar-refractivity contribution >= 4 is 28.4 Å². The van der Waals surface area contributed by atoms with Crippen LogP contribution in [0.3, 0.4) is 0 Å². The minimum Gasteiger partial charge on any atom is -0.457 e. The predicted molar refractivity (Wildman–Crippen MR) is 113 cm³/mol. The van der Waals surface area contributed by atoms with Crippen LogP contribution in [0.25, 0.3) is 10.9 Å². The second kappa shape index (κ2) is 7.86. The minimum atomic E-state index is -3.68. The van der Waals surface area contributed by atoms with Crippen LogP contribution in [0.2, 0.25) is 0 Å². The summed E-state index contributed by atoms with van der Waals surface area (Å²) in [6.45, 7) is 0. The van der Waals surface area contributed by atoms with Crippen molar-refractivity contribution in [2.45, 2.75) is 6.29 Å². The lowest BCUT2D eigenvalue weighted by Crippen LogP contribution is -2.25. The third kappa shape index (κ3) is 4.28. The van der Waals surface area contributed by atoms with E-state index in [2.05, 4.69) is 35.1 Å². The molecule has 0 radical (unpaired) electrons. The highest BCUT2D eigenvalue weighted by Gasteiger charge is 2.43. The van der Waals surface area contributed by atoms with E-state index < -0.39 is 6.29 Å². The number of carbonyl (C=O) groups is 1. The number of benzene rings is 2. The molecule has 1 aliphatic heterocycles. The number of nitrogens with one attached hydrogen (secondary N) is 2. The van der Waals surface area contributed by atoms with Crippen molar-refractivity contribution in [2.24, 2.45) is 0 Å². The molecule has 0 fully saturated rings. The first-order chi connectivity index (χ1) is 15.9. The van der Waals surface area contributed by atoms with Crippen LogP contribution in [0.1, 0.15) is 10.5 Å². The number of ether oxygens (including phenoxy) is 3. The van der Waals surface area contributed by atoms with E-state index >= 15 is 0 Å². The van der Waals surface area contributed by atoms with Crippen molar-refractivity contribution in [1.82, 2.24) is 20.3 Å². The summed E-state index contributed by atoms with van der Waals surface area (Å²) in [5, 5.41) is 6.17. The molecule has 4 aromatic rings. The number of rotatable bonds is 5.